The molecule has 3 nitrogen and oxygen atoms in total. The van der Waals surface area contributed by atoms with Crippen molar-refractivity contribution in [2.24, 2.45) is 0 Å². The molecule has 1 aromatic carbocycles. The van der Waals surface area contributed by atoms with Crippen LogP contribution in [0.4, 0.5) is 4.39 Å². The van der Waals surface area contributed by atoms with Crippen LogP contribution >= 0.6 is 0 Å². The molecular weight excluding hydrogens is 185 g/mol. The Kier molecular flexibility index (Phi) is 4.07. The molecule has 0 saturated carbocycles. The maximum atomic E-state index is 13.1. The number of amides is 1. The van der Waals surface area contributed by atoms with Crippen molar-refractivity contribution >= 4 is 5.91 Å². The number of ether oxygens (including phenoxy) is 1. The van der Waals surface area contributed by atoms with E-state index in [4.69, 9.17) is 4.74 Å². The van der Waals surface area contributed by atoms with E-state index in [0.717, 1.165) is 0 Å². The van der Waals surface area contributed by atoms with E-state index >= 15 is 0 Å². The summed E-state index contributed by atoms with van der Waals surface area (Å²) >= 11 is 0. The molecule has 1 aromatic rings. The molecule has 0 aliphatic heterocycles. The number of benzene rings is 1. The lowest BCUT2D eigenvalue weighted by Crippen LogP contribution is -2.27. The summed E-state index contributed by atoms with van der Waals surface area (Å²) in [5.74, 6) is -0.928. The molecule has 0 aliphatic carbocycles. The Bertz CT molecular complexity index is 315. The third-order valence-corrected chi connectivity index (χ3v) is 1.71. The number of hydrogen-bond acceptors (Lipinski definition) is 2. The van der Waals surface area contributed by atoms with Crippen molar-refractivity contribution in [2.45, 2.75) is 0 Å². The second-order valence-electron chi connectivity index (χ2n) is 2.73. The van der Waals surface area contributed by atoms with Gasteiger partial charge in [-0.05, 0) is 12.1 Å². The molecule has 0 spiro atoms. The summed E-state index contributed by atoms with van der Waals surface area (Å²) in [6.07, 6.45) is 0. The van der Waals surface area contributed by atoms with Crippen molar-refractivity contribution < 1.29 is 13.9 Å². The number of rotatable bonds is 4. The van der Waals surface area contributed by atoms with Gasteiger partial charge in [-0.15, -0.1) is 0 Å². The van der Waals surface area contributed by atoms with E-state index < -0.39 is 11.7 Å². The minimum Gasteiger partial charge on any atom is -0.383 e. The topological polar surface area (TPSA) is 38.3 Å². The standard InChI is InChI=1S/C10H12FNO2/c1-14-7-6-12-10(13)8-4-2-3-5-9(8)11/h2-5H,6-7H2,1H3,(H,12,13). The number of carbonyl (C=O) groups excluding carboxylic acids is 1. The lowest BCUT2D eigenvalue weighted by Gasteiger charge is -2.04. The number of methoxy groups -OCH3 is 1. The van der Waals surface area contributed by atoms with Crippen molar-refractivity contribution in [3.8, 4) is 0 Å². The van der Waals surface area contributed by atoms with Gasteiger partial charge in [0.05, 0.1) is 12.2 Å². The largest absolute Gasteiger partial charge is 0.383 e. The molecule has 0 fully saturated rings. The van der Waals surface area contributed by atoms with Crippen molar-refractivity contribution in [2.75, 3.05) is 20.3 Å². The monoisotopic (exact) mass is 197 g/mol. The van der Waals surface area contributed by atoms with Crippen molar-refractivity contribution in [1.82, 2.24) is 5.32 Å². The highest BCUT2D eigenvalue weighted by molar-refractivity contribution is 5.94. The lowest BCUT2D eigenvalue weighted by atomic mass is 10.2. The molecule has 0 aliphatic rings. The molecule has 1 amide bonds. The number of halogens is 1. The minimum atomic E-state index is -0.512. The Hall–Kier alpha value is -1.42. The third kappa shape index (κ3) is 2.81. The smallest absolute Gasteiger partial charge is 0.254 e. The van der Waals surface area contributed by atoms with Gasteiger partial charge in [-0.2, -0.15) is 0 Å². The fraction of sp³-hybridized carbons (Fsp3) is 0.300. The Morgan fingerprint density at radius 3 is 2.86 bits per heavy atom. The molecule has 0 unspecified atom stereocenters. The van der Waals surface area contributed by atoms with Crippen LogP contribution in [0.25, 0.3) is 0 Å². The van der Waals surface area contributed by atoms with Crippen molar-refractivity contribution in [3.05, 3.63) is 35.6 Å². The minimum absolute atomic E-state index is 0.0589. The third-order valence-electron chi connectivity index (χ3n) is 1.71. The van der Waals surface area contributed by atoms with Crippen LogP contribution in [-0.4, -0.2) is 26.2 Å². The summed E-state index contributed by atoms with van der Waals surface area (Å²) in [6.45, 7) is 0.795. The molecule has 1 rings (SSSR count). The van der Waals surface area contributed by atoms with Crippen LogP contribution in [0.1, 0.15) is 10.4 Å². The van der Waals surface area contributed by atoms with Gasteiger partial charge in [-0.25, -0.2) is 4.39 Å². The molecule has 0 saturated heterocycles. The maximum absolute atomic E-state index is 13.1. The molecule has 0 atom stereocenters. The Balaban J connectivity index is 2.56. The van der Waals surface area contributed by atoms with Crippen LogP contribution in [0.15, 0.2) is 24.3 Å². The molecule has 14 heavy (non-hydrogen) atoms. The van der Waals surface area contributed by atoms with Gasteiger partial charge < -0.3 is 10.1 Å². The molecule has 0 aromatic heterocycles. The van der Waals surface area contributed by atoms with Gasteiger partial charge in [0.2, 0.25) is 0 Å². The molecule has 76 valence electrons. The predicted octanol–water partition coefficient (Wildman–Crippen LogP) is 1.20. The summed E-state index contributed by atoms with van der Waals surface area (Å²) in [5.41, 5.74) is 0.0589. The van der Waals surface area contributed by atoms with Crippen LogP contribution in [0.2, 0.25) is 0 Å². The Morgan fingerprint density at radius 1 is 1.50 bits per heavy atom. The number of carbonyl (C=O) groups is 1. The van der Waals surface area contributed by atoms with Crippen LogP contribution < -0.4 is 5.32 Å². The molecule has 4 heteroatoms. The zero-order chi connectivity index (χ0) is 10.4. The van der Waals surface area contributed by atoms with Gasteiger partial charge in [0.1, 0.15) is 5.82 Å². The number of hydrogen-bond donors (Lipinski definition) is 1. The number of nitrogens with one attached hydrogen (secondary N) is 1. The zero-order valence-corrected chi connectivity index (χ0v) is 7.92. The molecule has 1 N–H and O–H groups in total. The summed E-state index contributed by atoms with van der Waals surface area (Å²) in [4.78, 5) is 11.3. The van der Waals surface area contributed by atoms with Crippen LogP contribution in [0.3, 0.4) is 0 Å². The first kappa shape index (κ1) is 10.7. The van der Waals surface area contributed by atoms with E-state index in [2.05, 4.69) is 5.32 Å². The van der Waals surface area contributed by atoms with Gasteiger partial charge in [0, 0.05) is 13.7 Å². The Labute approximate surface area is 81.9 Å². The first-order valence-electron chi connectivity index (χ1n) is 4.27. The quantitative estimate of drug-likeness (QED) is 0.736. The van der Waals surface area contributed by atoms with Crippen LogP contribution in [0.5, 0.6) is 0 Å². The zero-order valence-electron chi connectivity index (χ0n) is 7.92. The van der Waals surface area contributed by atoms with E-state index in [1.54, 1.807) is 12.1 Å². The molecule has 0 heterocycles. The van der Waals surface area contributed by atoms with Gasteiger partial charge in [0.15, 0.2) is 0 Å². The maximum Gasteiger partial charge on any atom is 0.254 e. The summed E-state index contributed by atoms with van der Waals surface area (Å²) in [5, 5.41) is 2.54. The van der Waals surface area contributed by atoms with Gasteiger partial charge in [0.25, 0.3) is 5.91 Å². The molecule has 0 radical (unpaired) electrons. The summed E-state index contributed by atoms with van der Waals surface area (Å²) < 4.78 is 17.8. The van der Waals surface area contributed by atoms with Gasteiger partial charge in [-0.1, -0.05) is 12.1 Å². The van der Waals surface area contributed by atoms with Crippen molar-refractivity contribution in [3.63, 3.8) is 0 Å². The first-order chi connectivity index (χ1) is 6.75. The normalized spacial score (nSPS) is 9.86. The second-order valence-corrected chi connectivity index (χ2v) is 2.73. The SMILES string of the molecule is COCCNC(=O)c1ccccc1F. The fourth-order valence-corrected chi connectivity index (χ4v) is 1.01. The molecule has 0 bridgehead atoms. The average Bonchev–Trinajstić information content (AvgIpc) is 2.18. The van der Waals surface area contributed by atoms with E-state index in [9.17, 15) is 9.18 Å². The van der Waals surface area contributed by atoms with Gasteiger partial charge in [-0.3, -0.25) is 4.79 Å². The predicted molar refractivity (Wildman–Crippen MR) is 50.6 cm³/mol. The van der Waals surface area contributed by atoms with Crippen LogP contribution in [-0.2, 0) is 4.74 Å². The highest BCUT2D eigenvalue weighted by atomic mass is 19.1. The van der Waals surface area contributed by atoms with E-state index in [-0.39, 0.29) is 5.56 Å². The summed E-state index contributed by atoms with van der Waals surface area (Å²) in [6, 6.07) is 5.86. The highest BCUT2D eigenvalue weighted by Crippen LogP contribution is 2.05. The van der Waals surface area contributed by atoms with Gasteiger partial charge >= 0.3 is 0 Å². The average molecular weight is 197 g/mol. The van der Waals surface area contributed by atoms with E-state index in [0.29, 0.717) is 13.2 Å². The Morgan fingerprint density at radius 2 is 2.21 bits per heavy atom. The van der Waals surface area contributed by atoms with Crippen LogP contribution in [0, 0.1) is 5.82 Å². The lowest BCUT2D eigenvalue weighted by molar-refractivity contribution is 0.0933. The molecular formula is C10H12FNO2. The van der Waals surface area contributed by atoms with Crippen molar-refractivity contribution in [1.29, 1.82) is 0 Å². The fourth-order valence-electron chi connectivity index (χ4n) is 1.01. The second kappa shape index (κ2) is 5.34. The van der Waals surface area contributed by atoms with E-state index in [1.807, 2.05) is 0 Å². The highest BCUT2D eigenvalue weighted by Gasteiger charge is 2.08. The summed E-state index contributed by atoms with van der Waals surface area (Å²) in [7, 11) is 1.54. The first-order valence-corrected chi connectivity index (χ1v) is 4.27. The van der Waals surface area contributed by atoms with E-state index in [1.165, 1.54) is 19.2 Å².